The zero-order valence-electron chi connectivity index (χ0n) is 9.17. The minimum Gasteiger partial charge on any atom is -0.508 e. The van der Waals surface area contributed by atoms with Gasteiger partial charge in [-0.3, -0.25) is 0 Å². The van der Waals surface area contributed by atoms with E-state index in [2.05, 4.69) is 0 Å². The largest absolute Gasteiger partial charge is 0.508 e. The van der Waals surface area contributed by atoms with Crippen LogP contribution in [0, 0.1) is 0 Å². The maximum absolute atomic E-state index is 9.84. The quantitative estimate of drug-likeness (QED) is 0.728. The summed E-state index contributed by atoms with van der Waals surface area (Å²) in [4.78, 5) is 0. The molecule has 80 valence electrons. The van der Waals surface area contributed by atoms with E-state index in [-0.39, 0.29) is 0 Å². The van der Waals surface area contributed by atoms with Gasteiger partial charge in [0, 0.05) is 5.56 Å². The number of fused-ring (bicyclic) bond motifs is 1. The standard InChI is InChI=1S/C11H15BO3/c1-3-7-9(13)6-8(12-2)11-10(7)14-4-5-15-11/h6,12-13H,3-5H2,1-2H3. The van der Waals surface area contributed by atoms with E-state index < -0.39 is 0 Å². The zero-order chi connectivity index (χ0) is 10.8. The third-order valence-corrected chi connectivity index (χ3v) is 2.70. The fourth-order valence-electron chi connectivity index (χ4n) is 1.92. The van der Waals surface area contributed by atoms with E-state index in [1.807, 2.05) is 13.7 Å². The van der Waals surface area contributed by atoms with Crippen molar-refractivity contribution in [3.8, 4) is 17.2 Å². The van der Waals surface area contributed by atoms with Gasteiger partial charge in [-0.05, 0) is 17.9 Å². The molecule has 0 aromatic heterocycles. The first-order valence-electron chi connectivity index (χ1n) is 5.41. The van der Waals surface area contributed by atoms with Crippen LogP contribution in [-0.4, -0.2) is 25.6 Å². The summed E-state index contributed by atoms with van der Waals surface area (Å²) < 4.78 is 11.2. The van der Waals surface area contributed by atoms with Crippen molar-refractivity contribution in [2.24, 2.45) is 0 Å². The summed E-state index contributed by atoms with van der Waals surface area (Å²) in [7, 11) is 0.837. The Kier molecular flexibility index (Phi) is 2.76. The van der Waals surface area contributed by atoms with E-state index in [9.17, 15) is 5.11 Å². The van der Waals surface area contributed by atoms with Crippen molar-refractivity contribution in [3.05, 3.63) is 11.6 Å². The minimum atomic E-state index is 0.318. The van der Waals surface area contributed by atoms with Crippen LogP contribution in [0.3, 0.4) is 0 Å². The summed E-state index contributed by atoms with van der Waals surface area (Å²) in [6.45, 7) is 5.19. The molecule has 1 aromatic carbocycles. The van der Waals surface area contributed by atoms with Gasteiger partial charge in [0.05, 0.1) is 0 Å². The van der Waals surface area contributed by atoms with Gasteiger partial charge in [-0.15, -0.1) is 0 Å². The molecule has 0 bridgehead atoms. The van der Waals surface area contributed by atoms with E-state index >= 15 is 0 Å². The zero-order valence-corrected chi connectivity index (χ0v) is 9.17. The lowest BCUT2D eigenvalue weighted by Gasteiger charge is -2.23. The van der Waals surface area contributed by atoms with Crippen LogP contribution in [0.4, 0.5) is 0 Å². The smallest absolute Gasteiger partial charge is 0.167 e. The summed E-state index contributed by atoms with van der Waals surface area (Å²) >= 11 is 0. The molecule has 1 aliphatic heterocycles. The Balaban J connectivity index is 2.60. The first-order valence-corrected chi connectivity index (χ1v) is 5.41. The molecule has 0 radical (unpaired) electrons. The number of hydrogen-bond acceptors (Lipinski definition) is 3. The normalized spacial score (nSPS) is 13.7. The molecule has 1 aliphatic rings. The Morgan fingerprint density at radius 1 is 1.33 bits per heavy atom. The van der Waals surface area contributed by atoms with Crippen molar-refractivity contribution < 1.29 is 14.6 Å². The molecule has 15 heavy (non-hydrogen) atoms. The van der Waals surface area contributed by atoms with Crippen LogP contribution in [0.5, 0.6) is 17.2 Å². The number of rotatable bonds is 2. The van der Waals surface area contributed by atoms with Crippen molar-refractivity contribution in [1.82, 2.24) is 0 Å². The molecule has 1 aromatic rings. The van der Waals surface area contributed by atoms with Gasteiger partial charge < -0.3 is 14.6 Å². The first-order chi connectivity index (χ1) is 7.27. The van der Waals surface area contributed by atoms with Gasteiger partial charge in [0.1, 0.15) is 19.0 Å². The van der Waals surface area contributed by atoms with Gasteiger partial charge in [-0.2, -0.15) is 0 Å². The molecule has 0 unspecified atom stereocenters. The lowest BCUT2D eigenvalue weighted by Crippen LogP contribution is -2.24. The van der Waals surface area contributed by atoms with Gasteiger partial charge >= 0.3 is 0 Å². The second-order valence-electron chi connectivity index (χ2n) is 3.60. The molecule has 0 atom stereocenters. The van der Waals surface area contributed by atoms with Crippen molar-refractivity contribution in [1.29, 1.82) is 0 Å². The predicted molar refractivity (Wildman–Crippen MR) is 61.1 cm³/mol. The highest BCUT2D eigenvalue weighted by molar-refractivity contribution is 6.53. The molecule has 0 fully saturated rings. The fraction of sp³-hybridized carbons (Fsp3) is 0.455. The Morgan fingerprint density at radius 3 is 2.60 bits per heavy atom. The number of benzene rings is 1. The topological polar surface area (TPSA) is 38.7 Å². The molecule has 4 heteroatoms. The van der Waals surface area contributed by atoms with E-state index in [1.54, 1.807) is 6.07 Å². The first kappa shape index (κ1) is 10.2. The second kappa shape index (κ2) is 4.05. The van der Waals surface area contributed by atoms with E-state index in [0.717, 1.165) is 36.2 Å². The van der Waals surface area contributed by atoms with Crippen LogP contribution >= 0.6 is 0 Å². The van der Waals surface area contributed by atoms with Crippen molar-refractivity contribution in [2.45, 2.75) is 20.2 Å². The Hall–Kier alpha value is -1.32. The van der Waals surface area contributed by atoms with Gasteiger partial charge in [0.25, 0.3) is 0 Å². The summed E-state index contributed by atoms with van der Waals surface area (Å²) in [5.74, 6) is 1.87. The highest BCUT2D eigenvalue weighted by Crippen LogP contribution is 2.37. The molecule has 0 aliphatic carbocycles. The maximum atomic E-state index is 9.84. The molecule has 0 saturated heterocycles. The van der Waals surface area contributed by atoms with E-state index in [1.165, 1.54) is 0 Å². The molecule has 3 nitrogen and oxygen atoms in total. The lowest BCUT2D eigenvalue weighted by atomic mass is 9.72. The Morgan fingerprint density at radius 2 is 2.00 bits per heavy atom. The summed E-state index contributed by atoms with van der Waals surface area (Å²) in [5, 5.41) is 9.84. The average Bonchev–Trinajstić information content (AvgIpc) is 2.28. The van der Waals surface area contributed by atoms with Crippen molar-refractivity contribution in [3.63, 3.8) is 0 Å². The molecule has 0 saturated carbocycles. The van der Waals surface area contributed by atoms with Crippen LogP contribution in [0.25, 0.3) is 0 Å². The van der Waals surface area contributed by atoms with E-state index in [4.69, 9.17) is 9.47 Å². The third kappa shape index (κ3) is 1.64. The highest BCUT2D eigenvalue weighted by Gasteiger charge is 2.21. The molecular weight excluding hydrogens is 191 g/mol. The molecule has 2 rings (SSSR count). The third-order valence-electron chi connectivity index (χ3n) is 2.70. The fourth-order valence-corrected chi connectivity index (χ4v) is 1.92. The molecule has 1 N–H and O–H groups in total. The predicted octanol–water partition coefficient (Wildman–Crippen LogP) is 0.836. The Labute approximate surface area is 90.3 Å². The molecular formula is C11H15BO3. The monoisotopic (exact) mass is 206 g/mol. The van der Waals surface area contributed by atoms with Crippen molar-refractivity contribution >= 4 is 12.7 Å². The van der Waals surface area contributed by atoms with E-state index in [0.29, 0.717) is 19.0 Å². The summed E-state index contributed by atoms with van der Waals surface area (Å²) in [5.41, 5.74) is 1.86. The minimum absolute atomic E-state index is 0.318. The molecule has 0 amide bonds. The number of phenolic OH excluding ortho intramolecular Hbond substituents is 1. The number of phenols is 1. The van der Waals surface area contributed by atoms with Gasteiger partial charge in [0.15, 0.2) is 18.8 Å². The van der Waals surface area contributed by atoms with Gasteiger partial charge in [-0.1, -0.05) is 13.7 Å². The summed E-state index contributed by atoms with van der Waals surface area (Å²) in [6, 6.07) is 1.78. The van der Waals surface area contributed by atoms with Crippen LogP contribution < -0.4 is 14.9 Å². The highest BCUT2D eigenvalue weighted by atomic mass is 16.6. The summed E-state index contributed by atoms with van der Waals surface area (Å²) in [6.07, 6.45) is 0.752. The lowest BCUT2D eigenvalue weighted by molar-refractivity contribution is 0.170. The van der Waals surface area contributed by atoms with Gasteiger partial charge in [-0.25, -0.2) is 0 Å². The SMILES string of the molecule is CBc1cc(O)c(CC)c2c1OCCO2. The van der Waals surface area contributed by atoms with Crippen LogP contribution in [0.2, 0.25) is 6.82 Å². The van der Waals surface area contributed by atoms with Gasteiger partial charge in [0.2, 0.25) is 0 Å². The van der Waals surface area contributed by atoms with Crippen molar-refractivity contribution in [2.75, 3.05) is 13.2 Å². The number of aromatic hydroxyl groups is 1. The maximum Gasteiger partial charge on any atom is 0.167 e. The number of ether oxygens (including phenoxy) is 2. The molecule has 0 spiro atoms. The van der Waals surface area contributed by atoms with Crippen LogP contribution in [0.15, 0.2) is 6.07 Å². The van der Waals surface area contributed by atoms with Crippen LogP contribution in [0.1, 0.15) is 12.5 Å². The number of hydrogen-bond donors (Lipinski definition) is 1. The molecule has 1 heterocycles. The van der Waals surface area contributed by atoms with Crippen LogP contribution in [-0.2, 0) is 6.42 Å². The second-order valence-corrected chi connectivity index (χ2v) is 3.60. The average molecular weight is 206 g/mol. The Bertz CT molecular complexity index is 377.